The fourth-order valence-corrected chi connectivity index (χ4v) is 6.49. The van der Waals surface area contributed by atoms with Crippen LogP contribution in [0.5, 0.6) is 0 Å². The summed E-state index contributed by atoms with van der Waals surface area (Å²) in [6, 6.07) is 21.9. The lowest BCUT2D eigenvalue weighted by Crippen LogP contribution is -3.00. The van der Waals surface area contributed by atoms with Gasteiger partial charge in [0.2, 0.25) is 0 Å². The highest BCUT2D eigenvalue weighted by atomic mass is 79.9. The molecule has 2 aromatic rings. The molecule has 1 N–H and O–H groups in total. The smallest absolute Gasteiger partial charge is 0.145 e. The molecule has 1 heterocycles. The molecule has 0 atom stereocenters. The first-order valence-electron chi connectivity index (χ1n) is 6.16. The van der Waals surface area contributed by atoms with Gasteiger partial charge in [0.15, 0.2) is 0 Å². The van der Waals surface area contributed by atoms with Gasteiger partial charge in [-0.2, -0.15) is 5.09 Å². The summed E-state index contributed by atoms with van der Waals surface area (Å²) in [5.41, 5.74) is 0. The summed E-state index contributed by atoms with van der Waals surface area (Å²) in [5, 5.41) is 6.79. The van der Waals surface area contributed by atoms with Crippen molar-refractivity contribution in [2.24, 2.45) is 0 Å². The monoisotopic (exact) mass is 321 g/mol. The Hall–Kier alpha value is -0.690. The molecule has 0 spiro atoms. The maximum atomic E-state index is 3.81. The number of hydrogen-bond acceptors (Lipinski definition) is 1. The summed E-state index contributed by atoms with van der Waals surface area (Å²) in [7, 11) is -1.30. The maximum Gasteiger partial charge on any atom is 0.145 e. The summed E-state index contributed by atoms with van der Waals surface area (Å²) < 4.78 is 0. The van der Waals surface area contributed by atoms with Crippen molar-refractivity contribution in [1.82, 2.24) is 5.09 Å². The van der Waals surface area contributed by atoms with Gasteiger partial charge >= 0.3 is 0 Å². The Bertz CT molecular complexity index is 439. The largest absolute Gasteiger partial charge is 1.00 e. The minimum absolute atomic E-state index is 0. The summed E-state index contributed by atoms with van der Waals surface area (Å²) in [6.07, 6.45) is 2.58. The van der Waals surface area contributed by atoms with Crippen molar-refractivity contribution in [2.45, 2.75) is 6.42 Å². The molecule has 0 unspecified atom stereocenters. The zero-order chi connectivity index (χ0) is 11.6. The third-order valence-corrected chi connectivity index (χ3v) is 7.56. The van der Waals surface area contributed by atoms with Crippen molar-refractivity contribution in [1.29, 1.82) is 0 Å². The van der Waals surface area contributed by atoms with Crippen LogP contribution in [0.2, 0.25) is 0 Å². The molecule has 2 aromatic carbocycles. The standard InChI is InChI=1S/C15H17NP.BrH/c1-3-8-14(9-4-1)17(13-7-12-16-17)15-10-5-2-6-11-15;/h1-6,8-11,16H,7,12-13H2;1H/q+1;/p-1. The van der Waals surface area contributed by atoms with Crippen LogP contribution in [0, 0.1) is 0 Å². The molecule has 1 fully saturated rings. The molecule has 3 rings (SSSR count). The van der Waals surface area contributed by atoms with E-state index >= 15 is 0 Å². The predicted octanol–water partition coefficient (Wildman–Crippen LogP) is -0.433. The normalized spacial score (nSPS) is 17.1. The zero-order valence-electron chi connectivity index (χ0n) is 10.2. The molecule has 18 heavy (non-hydrogen) atoms. The van der Waals surface area contributed by atoms with Crippen LogP contribution in [-0.4, -0.2) is 12.7 Å². The lowest BCUT2D eigenvalue weighted by Gasteiger charge is -2.21. The minimum atomic E-state index is -1.30. The maximum absolute atomic E-state index is 3.81. The number of nitrogens with one attached hydrogen (secondary N) is 1. The average molecular weight is 322 g/mol. The summed E-state index contributed by atoms with van der Waals surface area (Å²) in [5.74, 6) is 0. The first-order valence-corrected chi connectivity index (χ1v) is 8.14. The number of rotatable bonds is 2. The van der Waals surface area contributed by atoms with E-state index in [0.717, 1.165) is 6.54 Å². The Kier molecular flexibility index (Phi) is 4.55. The van der Waals surface area contributed by atoms with E-state index in [9.17, 15) is 0 Å². The van der Waals surface area contributed by atoms with Crippen LogP contribution in [0.15, 0.2) is 60.7 Å². The van der Waals surface area contributed by atoms with Crippen molar-refractivity contribution < 1.29 is 17.0 Å². The van der Waals surface area contributed by atoms with Crippen molar-refractivity contribution in [2.75, 3.05) is 12.7 Å². The van der Waals surface area contributed by atoms with Gasteiger partial charge in [0, 0.05) is 6.54 Å². The molecule has 1 aliphatic rings. The van der Waals surface area contributed by atoms with E-state index in [1.165, 1.54) is 23.2 Å². The molecular weight excluding hydrogens is 305 g/mol. The first kappa shape index (κ1) is 13.7. The van der Waals surface area contributed by atoms with Gasteiger partial charge in [-0.3, -0.25) is 0 Å². The van der Waals surface area contributed by atoms with E-state index in [0.29, 0.717) is 0 Å². The molecule has 1 nitrogen and oxygen atoms in total. The molecule has 94 valence electrons. The van der Waals surface area contributed by atoms with E-state index in [1.54, 1.807) is 0 Å². The first-order chi connectivity index (χ1) is 8.42. The molecule has 0 aromatic heterocycles. The van der Waals surface area contributed by atoms with E-state index in [4.69, 9.17) is 0 Å². The van der Waals surface area contributed by atoms with E-state index in [-0.39, 0.29) is 17.0 Å². The molecule has 1 aliphatic heterocycles. The number of halogens is 1. The molecule has 1 saturated heterocycles. The molecule has 3 heteroatoms. The highest BCUT2D eigenvalue weighted by molar-refractivity contribution is 7.88. The van der Waals surface area contributed by atoms with Crippen LogP contribution < -0.4 is 32.7 Å². The van der Waals surface area contributed by atoms with Crippen LogP contribution in [0.25, 0.3) is 0 Å². The second-order valence-electron chi connectivity index (χ2n) is 4.47. The Balaban J connectivity index is 0.00000120. The van der Waals surface area contributed by atoms with Crippen LogP contribution >= 0.6 is 7.41 Å². The van der Waals surface area contributed by atoms with Crippen LogP contribution in [0.3, 0.4) is 0 Å². The molecule has 0 bridgehead atoms. The van der Waals surface area contributed by atoms with Crippen LogP contribution in [-0.2, 0) is 0 Å². The topological polar surface area (TPSA) is 12.0 Å². The van der Waals surface area contributed by atoms with E-state index < -0.39 is 7.41 Å². The molecular formula is C15H17BrNP. The number of hydrogen-bond donors (Lipinski definition) is 1. The molecule has 0 amide bonds. The van der Waals surface area contributed by atoms with Gasteiger partial charge in [0.25, 0.3) is 0 Å². The highest BCUT2D eigenvalue weighted by Gasteiger charge is 2.45. The summed E-state index contributed by atoms with van der Waals surface area (Å²) in [6.45, 7) is 1.15. The van der Waals surface area contributed by atoms with Gasteiger partial charge in [-0.25, -0.2) is 0 Å². The Labute approximate surface area is 120 Å². The predicted molar refractivity (Wildman–Crippen MR) is 76.6 cm³/mol. The Morgan fingerprint density at radius 2 is 1.28 bits per heavy atom. The molecule has 0 radical (unpaired) electrons. The zero-order valence-corrected chi connectivity index (χ0v) is 12.7. The minimum Gasteiger partial charge on any atom is -1.00 e. The van der Waals surface area contributed by atoms with Crippen molar-refractivity contribution in [3.8, 4) is 0 Å². The van der Waals surface area contributed by atoms with Gasteiger partial charge in [-0.05, 0) is 30.7 Å². The van der Waals surface area contributed by atoms with Crippen molar-refractivity contribution >= 4 is 18.0 Å². The highest BCUT2D eigenvalue weighted by Crippen LogP contribution is 2.55. The van der Waals surface area contributed by atoms with Crippen molar-refractivity contribution in [3.63, 3.8) is 0 Å². The van der Waals surface area contributed by atoms with Gasteiger partial charge in [-0.15, -0.1) is 0 Å². The van der Waals surface area contributed by atoms with E-state index in [2.05, 4.69) is 65.8 Å². The van der Waals surface area contributed by atoms with Crippen LogP contribution in [0.4, 0.5) is 0 Å². The summed E-state index contributed by atoms with van der Waals surface area (Å²) >= 11 is 0. The summed E-state index contributed by atoms with van der Waals surface area (Å²) in [4.78, 5) is 0. The second kappa shape index (κ2) is 5.97. The number of benzene rings is 2. The van der Waals surface area contributed by atoms with Gasteiger partial charge < -0.3 is 17.0 Å². The molecule has 0 aliphatic carbocycles. The quantitative estimate of drug-likeness (QED) is 0.740. The van der Waals surface area contributed by atoms with E-state index in [1.807, 2.05) is 0 Å². The van der Waals surface area contributed by atoms with Gasteiger partial charge in [0.1, 0.15) is 18.0 Å². The third kappa shape index (κ3) is 2.38. The lowest BCUT2D eigenvalue weighted by atomic mass is 10.4. The second-order valence-corrected chi connectivity index (χ2v) is 7.88. The average Bonchev–Trinajstić information content (AvgIpc) is 2.91. The van der Waals surface area contributed by atoms with Gasteiger partial charge in [-0.1, -0.05) is 36.4 Å². The fourth-order valence-electron chi connectivity index (χ4n) is 2.62. The SMILES string of the molecule is [Br-].c1ccc([P+]2(c3ccccc3)CCCN2)cc1. The fraction of sp³-hybridized carbons (Fsp3) is 0.200. The lowest BCUT2D eigenvalue weighted by molar-refractivity contribution is -0.00000340. The Morgan fingerprint density at radius 3 is 1.67 bits per heavy atom. The molecule has 0 saturated carbocycles. The Morgan fingerprint density at radius 1 is 0.778 bits per heavy atom. The third-order valence-electron chi connectivity index (χ3n) is 3.45. The van der Waals surface area contributed by atoms with Crippen LogP contribution in [0.1, 0.15) is 6.42 Å². The van der Waals surface area contributed by atoms with Gasteiger partial charge in [0.05, 0.1) is 6.16 Å². The van der Waals surface area contributed by atoms with Crippen molar-refractivity contribution in [3.05, 3.63) is 60.7 Å².